The molecule has 1 N–H and O–H groups in total. The number of nitrogens with zero attached hydrogens (tertiary/aromatic N) is 1. The third-order valence-corrected chi connectivity index (χ3v) is 2.68. The summed E-state index contributed by atoms with van der Waals surface area (Å²) < 4.78 is 36.9. The Morgan fingerprint density at radius 3 is 2.38 bits per heavy atom. The van der Waals surface area contributed by atoms with Crippen molar-refractivity contribution in [3.05, 3.63) is 0 Å². The molecule has 0 radical (unpaired) electrons. The van der Waals surface area contributed by atoms with Crippen LogP contribution in [-0.2, 0) is 4.79 Å². The maximum absolute atomic E-state index is 12.3. The lowest BCUT2D eigenvalue weighted by Gasteiger charge is -2.26. The third-order valence-electron chi connectivity index (χ3n) is 2.68. The van der Waals surface area contributed by atoms with Crippen molar-refractivity contribution in [1.29, 1.82) is 0 Å². The van der Waals surface area contributed by atoms with Gasteiger partial charge in [0.1, 0.15) is 6.04 Å². The first-order valence-electron chi connectivity index (χ1n) is 3.99. The Balaban J connectivity index is 2.18. The van der Waals surface area contributed by atoms with E-state index in [0.717, 1.165) is 0 Å². The number of fused-ring (bicyclic) bond motifs is 1. The monoisotopic (exact) mass is 195 g/mol. The summed E-state index contributed by atoms with van der Waals surface area (Å²) in [5, 5.41) is 8.54. The van der Waals surface area contributed by atoms with Gasteiger partial charge in [0.15, 0.2) is 0 Å². The van der Waals surface area contributed by atoms with Gasteiger partial charge in [0, 0.05) is 6.04 Å². The highest BCUT2D eigenvalue weighted by Crippen LogP contribution is 2.51. The quantitative estimate of drug-likeness (QED) is 0.636. The summed E-state index contributed by atoms with van der Waals surface area (Å²) in [6.45, 7) is 0. The van der Waals surface area contributed by atoms with Gasteiger partial charge in [0.25, 0.3) is 0 Å². The van der Waals surface area contributed by atoms with Gasteiger partial charge in [-0.15, -0.1) is 0 Å². The molecule has 1 aliphatic carbocycles. The molecule has 1 saturated heterocycles. The van der Waals surface area contributed by atoms with Gasteiger partial charge >= 0.3 is 12.3 Å². The van der Waals surface area contributed by atoms with Crippen LogP contribution in [0.5, 0.6) is 0 Å². The first kappa shape index (κ1) is 8.80. The van der Waals surface area contributed by atoms with Crippen molar-refractivity contribution >= 4 is 5.97 Å². The minimum Gasteiger partial charge on any atom is -0.480 e. The zero-order chi connectivity index (χ0) is 9.80. The SMILES string of the molecule is O=C(O)[C@@H]1CC2CC2N1C(F)(F)F. The van der Waals surface area contributed by atoms with Crippen molar-refractivity contribution in [3.63, 3.8) is 0 Å². The highest BCUT2D eigenvalue weighted by Gasteiger charge is 2.62. The third kappa shape index (κ3) is 1.29. The van der Waals surface area contributed by atoms with Crippen molar-refractivity contribution in [1.82, 2.24) is 4.90 Å². The number of piperidine rings is 1. The molecule has 1 saturated carbocycles. The molecule has 74 valence electrons. The van der Waals surface area contributed by atoms with Crippen LogP contribution < -0.4 is 0 Å². The second kappa shape index (κ2) is 2.37. The van der Waals surface area contributed by atoms with Crippen LogP contribution in [0.1, 0.15) is 12.8 Å². The molecule has 0 spiro atoms. The lowest BCUT2D eigenvalue weighted by Crippen LogP contribution is -2.47. The largest absolute Gasteiger partial charge is 0.480 e. The van der Waals surface area contributed by atoms with E-state index < -0.39 is 24.4 Å². The predicted molar refractivity (Wildman–Crippen MR) is 35.8 cm³/mol. The van der Waals surface area contributed by atoms with Crippen LogP contribution in [0, 0.1) is 5.92 Å². The van der Waals surface area contributed by atoms with Crippen molar-refractivity contribution in [3.8, 4) is 0 Å². The summed E-state index contributed by atoms with van der Waals surface area (Å²) >= 11 is 0. The Morgan fingerprint density at radius 1 is 1.38 bits per heavy atom. The van der Waals surface area contributed by atoms with E-state index >= 15 is 0 Å². The normalized spacial score (nSPS) is 38.8. The van der Waals surface area contributed by atoms with Gasteiger partial charge in [-0.25, -0.2) is 0 Å². The molecule has 0 bridgehead atoms. The van der Waals surface area contributed by atoms with Gasteiger partial charge in [-0.3, -0.25) is 4.79 Å². The molecule has 0 aromatic carbocycles. The average Bonchev–Trinajstić information content (AvgIpc) is 2.58. The zero-order valence-electron chi connectivity index (χ0n) is 6.58. The van der Waals surface area contributed by atoms with Gasteiger partial charge in [-0.05, 0) is 18.8 Å². The van der Waals surface area contributed by atoms with E-state index in [1.807, 2.05) is 0 Å². The Bertz CT molecular complexity index is 253. The number of hydrogen-bond acceptors (Lipinski definition) is 2. The minimum atomic E-state index is -4.50. The van der Waals surface area contributed by atoms with E-state index in [-0.39, 0.29) is 17.2 Å². The number of likely N-dealkylation sites (tertiary alicyclic amines) is 1. The molecular weight excluding hydrogens is 187 g/mol. The van der Waals surface area contributed by atoms with Gasteiger partial charge in [-0.2, -0.15) is 18.1 Å². The van der Waals surface area contributed by atoms with E-state index in [2.05, 4.69) is 0 Å². The van der Waals surface area contributed by atoms with Gasteiger partial charge in [0.05, 0.1) is 0 Å². The Kier molecular flexibility index (Phi) is 1.61. The number of carbonyl (C=O) groups is 1. The van der Waals surface area contributed by atoms with E-state index in [1.165, 1.54) is 0 Å². The fourth-order valence-corrected chi connectivity index (χ4v) is 2.04. The van der Waals surface area contributed by atoms with E-state index in [4.69, 9.17) is 5.11 Å². The topological polar surface area (TPSA) is 40.5 Å². The van der Waals surface area contributed by atoms with Crippen molar-refractivity contribution in [2.24, 2.45) is 5.92 Å². The number of carboxylic acids is 1. The molecule has 13 heavy (non-hydrogen) atoms. The second-order valence-electron chi connectivity index (χ2n) is 3.53. The summed E-state index contributed by atoms with van der Waals surface area (Å²) in [6, 6.07) is -1.93. The van der Waals surface area contributed by atoms with Gasteiger partial charge in [-0.1, -0.05) is 0 Å². The molecule has 1 aliphatic heterocycles. The van der Waals surface area contributed by atoms with E-state index in [1.54, 1.807) is 0 Å². The first-order chi connectivity index (χ1) is 5.91. The fourth-order valence-electron chi connectivity index (χ4n) is 2.04. The van der Waals surface area contributed by atoms with Gasteiger partial charge in [0.2, 0.25) is 0 Å². The van der Waals surface area contributed by atoms with Crippen LogP contribution in [0.2, 0.25) is 0 Å². The minimum absolute atomic E-state index is 0.0530. The molecule has 2 rings (SSSR count). The molecule has 3 atom stereocenters. The van der Waals surface area contributed by atoms with Crippen LogP contribution in [0.4, 0.5) is 13.2 Å². The summed E-state index contributed by atoms with van der Waals surface area (Å²) in [5.41, 5.74) is 0. The maximum atomic E-state index is 12.3. The van der Waals surface area contributed by atoms with Crippen LogP contribution in [0.15, 0.2) is 0 Å². The second-order valence-corrected chi connectivity index (χ2v) is 3.53. The van der Waals surface area contributed by atoms with Crippen molar-refractivity contribution in [2.45, 2.75) is 31.2 Å². The number of halogens is 3. The molecule has 2 fully saturated rings. The highest BCUT2D eigenvalue weighted by molar-refractivity contribution is 5.74. The maximum Gasteiger partial charge on any atom is 0.460 e. The molecule has 6 heteroatoms. The number of carboxylic acid groups (broad SMARTS) is 1. The Labute approximate surface area is 72.1 Å². The molecular formula is C7H8F3NO2. The van der Waals surface area contributed by atoms with Crippen LogP contribution in [0.25, 0.3) is 0 Å². The van der Waals surface area contributed by atoms with Gasteiger partial charge < -0.3 is 5.11 Å². The standard InChI is InChI=1S/C7H8F3NO2/c8-7(9,10)11-4-1-3(4)2-5(11)6(12)13/h3-5H,1-2H2,(H,12,13)/t3?,4?,5-/m0/s1. The summed E-state index contributed by atoms with van der Waals surface area (Å²) in [6.07, 6.45) is -3.87. The summed E-state index contributed by atoms with van der Waals surface area (Å²) in [7, 11) is 0. The zero-order valence-corrected chi connectivity index (χ0v) is 6.58. The number of aliphatic carboxylic acids is 1. The number of alkyl halides is 3. The van der Waals surface area contributed by atoms with Crippen LogP contribution in [-0.4, -0.2) is 34.4 Å². The van der Waals surface area contributed by atoms with Crippen LogP contribution in [0.3, 0.4) is 0 Å². The molecule has 0 aromatic heterocycles. The number of hydrogen-bond donors (Lipinski definition) is 1. The van der Waals surface area contributed by atoms with E-state index in [0.29, 0.717) is 6.42 Å². The highest BCUT2D eigenvalue weighted by atomic mass is 19.4. The smallest absolute Gasteiger partial charge is 0.460 e. The molecule has 2 aliphatic rings. The van der Waals surface area contributed by atoms with Crippen molar-refractivity contribution in [2.75, 3.05) is 0 Å². The predicted octanol–water partition coefficient (Wildman–Crippen LogP) is 1.05. The fraction of sp³-hybridized carbons (Fsp3) is 0.857. The molecule has 0 aromatic rings. The Morgan fingerprint density at radius 2 is 2.00 bits per heavy atom. The average molecular weight is 195 g/mol. The van der Waals surface area contributed by atoms with E-state index in [9.17, 15) is 18.0 Å². The van der Waals surface area contributed by atoms with Crippen molar-refractivity contribution < 1.29 is 23.1 Å². The first-order valence-corrected chi connectivity index (χ1v) is 3.99. The lowest BCUT2D eigenvalue weighted by atomic mass is 10.2. The molecule has 3 nitrogen and oxygen atoms in total. The molecule has 2 unspecified atom stereocenters. The van der Waals surface area contributed by atoms with Crippen LogP contribution >= 0.6 is 0 Å². The summed E-state index contributed by atoms with van der Waals surface area (Å²) in [4.78, 5) is 10.7. The summed E-state index contributed by atoms with van der Waals surface area (Å²) in [5.74, 6) is -1.42. The molecule has 1 heterocycles. The number of rotatable bonds is 1. The molecule has 0 amide bonds. The lowest BCUT2D eigenvalue weighted by molar-refractivity contribution is -0.257. The Hall–Kier alpha value is -0.780.